The van der Waals surface area contributed by atoms with Gasteiger partial charge in [-0.2, -0.15) is 0 Å². The second-order valence-electron chi connectivity index (χ2n) is 6.70. The molecular weight excluding hydrogens is 477 g/mol. The first kappa shape index (κ1) is 23.0. The van der Waals surface area contributed by atoms with E-state index in [1.165, 1.54) is 11.1 Å². The van der Waals surface area contributed by atoms with E-state index in [2.05, 4.69) is 51.6 Å². The van der Waals surface area contributed by atoms with E-state index in [4.69, 9.17) is 4.74 Å². The lowest BCUT2D eigenvalue weighted by Gasteiger charge is -2.13. The van der Waals surface area contributed by atoms with Gasteiger partial charge in [-0.1, -0.05) is 29.8 Å². The summed E-state index contributed by atoms with van der Waals surface area (Å²) in [7, 11) is 1.71. The molecule has 0 bridgehead atoms. The third kappa shape index (κ3) is 6.62. The number of methoxy groups -OCH3 is 1. The van der Waals surface area contributed by atoms with Crippen molar-refractivity contribution < 1.29 is 4.74 Å². The van der Waals surface area contributed by atoms with Crippen molar-refractivity contribution in [2.45, 2.75) is 26.7 Å². The van der Waals surface area contributed by atoms with E-state index in [9.17, 15) is 0 Å². The largest absolute Gasteiger partial charge is 0.496 e. The average Bonchev–Trinajstić information content (AvgIpc) is 3.11. The Kier molecular flexibility index (Phi) is 9.24. The van der Waals surface area contributed by atoms with E-state index in [1.807, 2.05) is 30.3 Å². The highest BCUT2D eigenvalue weighted by molar-refractivity contribution is 14.0. The minimum Gasteiger partial charge on any atom is -0.496 e. The molecule has 0 spiro atoms. The number of benzene rings is 2. The number of nitrogens with one attached hydrogen (secondary N) is 3. The molecule has 0 fully saturated rings. The minimum absolute atomic E-state index is 0. The van der Waals surface area contributed by atoms with Gasteiger partial charge in [0.05, 0.1) is 18.1 Å². The third-order valence-electron chi connectivity index (χ3n) is 4.52. The number of fused-ring (bicyclic) bond motifs is 1. The molecule has 0 aliphatic heterocycles. The van der Waals surface area contributed by atoms with Crippen molar-refractivity contribution in [3.63, 3.8) is 0 Å². The van der Waals surface area contributed by atoms with Gasteiger partial charge in [-0.25, -0.2) is 4.98 Å². The zero-order chi connectivity index (χ0) is 19.8. The van der Waals surface area contributed by atoms with Gasteiger partial charge in [0, 0.05) is 26.1 Å². The van der Waals surface area contributed by atoms with Crippen molar-refractivity contribution >= 4 is 41.0 Å². The van der Waals surface area contributed by atoms with Crippen molar-refractivity contribution in [2.75, 3.05) is 26.7 Å². The predicted octanol–water partition coefficient (Wildman–Crippen LogP) is 3.84. The predicted molar refractivity (Wildman–Crippen MR) is 131 cm³/mol. The van der Waals surface area contributed by atoms with E-state index in [0.717, 1.165) is 54.5 Å². The Hall–Kier alpha value is -2.29. The molecule has 3 N–H and O–H groups in total. The van der Waals surface area contributed by atoms with Crippen LogP contribution in [0.2, 0.25) is 0 Å². The van der Waals surface area contributed by atoms with Crippen LogP contribution in [-0.4, -0.2) is 42.7 Å². The smallest absolute Gasteiger partial charge is 0.191 e. The molecular formula is C22H30IN5O. The zero-order valence-corrected chi connectivity index (χ0v) is 19.6. The van der Waals surface area contributed by atoms with Crippen LogP contribution < -0.4 is 15.4 Å². The lowest BCUT2D eigenvalue weighted by Crippen LogP contribution is -2.38. The second kappa shape index (κ2) is 11.6. The van der Waals surface area contributed by atoms with E-state index in [1.54, 1.807) is 7.11 Å². The lowest BCUT2D eigenvalue weighted by molar-refractivity contribution is 0.409. The topological polar surface area (TPSA) is 74.3 Å². The zero-order valence-electron chi connectivity index (χ0n) is 17.3. The number of aliphatic imine (C=N–C) groups is 1. The van der Waals surface area contributed by atoms with Crippen LogP contribution >= 0.6 is 24.0 Å². The number of hydrogen-bond donors (Lipinski definition) is 3. The molecule has 0 aliphatic carbocycles. The number of aromatic nitrogens is 2. The summed E-state index contributed by atoms with van der Waals surface area (Å²) in [5, 5.41) is 6.70. The summed E-state index contributed by atoms with van der Waals surface area (Å²) < 4.78 is 5.46. The van der Waals surface area contributed by atoms with Gasteiger partial charge in [0.1, 0.15) is 11.6 Å². The quantitative estimate of drug-likeness (QED) is 0.246. The monoisotopic (exact) mass is 507 g/mol. The number of imidazole rings is 1. The van der Waals surface area contributed by atoms with Crippen LogP contribution in [0.25, 0.3) is 11.0 Å². The first-order chi connectivity index (χ1) is 13.7. The summed E-state index contributed by atoms with van der Waals surface area (Å²) in [6.45, 7) is 6.45. The standard InChI is InChI=1S/C22H29N5O.HI/c1-4-23-22(24-13-11-17-15-16(2)9-10-20(17)28-3)25-14-12-21-26-18-7-5-6-8-19(18)27-21;/h5-10,15H,4,11-14H2,1-3H3,(H,26,27)(H2,23,24,25);1H. The van der Waals surface area contributed by atoms with Gasteiger partial charge in [0.15, 0.2) is 5.96 Å². The highest BCUT2D eigenvalue weighted by Gasteiger charge is 2.05. The number of guanidine groups is 1. The van der Waals surface area contributed by atoms with Crippen molar-refractivity contribution in [1.82, 2.24) is 20.6 Å². The first-order valence-electron chi connectivity index (χ1n) is 9.79. The Labute approximate surface area is 189 Å². The number of para-hydroxylation sites is 2. The van der Waals surface area contributed by atoms with Crippen LogP contribution in [-0.2, 0) is 12.8 Å². The summed E-state index contributed by atoms with van der Waals surface area (Å²) in [6.07, 6.45) is 1.65. The van der Waals surface area contributed by atoms with Crippen LogP contribution in [0.4, 0.5) is 0 Å². The molecule has 29 heavy (non-hydrogen) atoms. The summed E-state index contributed by atoms with van der Waals surface area (Å²) in [5.41, 5.74) is 4.51. The van der Waals surface area contributed by atoms with Gasteiger partial charge < -0.3 is 20.4 Å². The van der Waals surface area contributed by atoms with Crippen LogP contribution in [0.5, 0.6) is 5.75 Å². The molecule has 156 valence electrons. The maximum absolute atomic E-state index is 5.46. The van der Waals surface area contributed by atoms with Gasteiger partial charge in [0.2, 0.25) is 0 Å². The lowest BCUT2D eigenvalue weighted by atomic mass is 10.1. The molecule has 0 aliphatic rings. The number of rotatable bonds is 8. The number of H-pyrrole nitrogens is 1. The van der Waals surface area contributed by atoms with Crippen LogP contribution in [0.3, 0.4) is 0 Å². The molecule has 3 aromatic rings. The Morgan fingerprint density at radius 1 is 1.14 bits per heavy atom. The number of hydrogen-bond acceptors (Lipinski definition) is 3. The van der Waals surface area contributed by atoms with Crippen LogP contribution in [0, 0.1) is 6.92 Å². The van der Waals surface area contributed by atoms with Crippen molar-refractivity contribution in [1.29, 1.82) is 0 Å². The highest BCUT2D eigenvalue weighted by Crippen LogP contribution is 2.19. The highest BCUT2D eigenvalue weighted by atomic mass is 127. The fraction of sp³-hybridized carbons (Fsp3) is 0.364. The first-order valence-corrected chi connectivity index (χ1v) is 9.79. The average molecular weight is 507 g/mol. The van der Waals surface area contributed by atoms with Crippen molar-refractivity contribution in [3.05, 3.63) is 59.4 Å². The summed E-state index contributed by atoms with van der Waals surface area (Å²) >= 11 is 0. The van der Waals surface area contributed by atoms with E-state index < -0.39 is 0 Å². The number of aryl methyl sites for hydroxylation is 1. The van der Waals surface area contributed by atoms with Gasteiger partial charge in [-0.05, 0) is 44.0 Å². The molecule has 7 heteroatoms. The molecule has 0 saturated heterocycles. The molecule has 0 saturated carbocycles. The second-order valence-corrected chi connectivity index (χ2v) is 6.70. The van der Waals surface area contributed by atoms with E-state index in [0.29, 0.717) is 6.54 Å². The fourth-order valence-corrected chi connectivity index (χ4v) is 3.16. The maximum Gasteiger partial charge on any atom is 0.191 e. The minimum atomic E-state index is 0. The molecule has 0 radical (unpaired) electrons. The van der Waals surface area contributed by atoms with E-state index >= 15 is 0 Å². The molecule has 6 nitrogen and oxygen atoms in total. The fourth-order valence-electron chi connectivity index (χ4n) is 3.16. The Bertz CT molecular complexity index is 905. The van der Waals surface area contributed by atoms with Gasteiger partial charge in [0.25, 0.3) is 0 Å². The summed E-state index contributed by atoms with van der Waals surface area (Å²) in [6, 6.07) is 14.3. The SMILES string of the molecule is CCNC(=NCCc1nc2ccccc2[nH]1)NCCc1cc(C)ccc1OC.I. The van der Waals surface area contributed by atoms with Crippen LogP contribution in [0.1, 0.15) is 23.9 Å². The molecule has 2 aromatic carbocycles. The van der Waals surface area contributed by atoms with Gasteiger partial charge in [-0.3, -0.25) is 4.99 Å². The molecule has 1 heterocycles. The maximum atomic E-state index is 5.46. The van der Waals surface area contributed by atoms with Crippen molar-refractivity contribution in [2.24, 2.45) is 4.99 Å². The van der Waals surface area contributed by atoms with Crippen molar-refractivity contribution in [3.8, 4) is 5.75 Å². The Balaban J connectivity index is 0.00000300. The molecule has 0 atom stereocenters. The van der Waals surface area contributed by atoms with E-state index in [-0.39, 0.29) is 24.0 Å². The van der Waals surface area contributed by atoms with Gasteiger partial charge >= 0.3 is 0 Å². The number of halogens is 1. The third-order valence-corrected chi connectivity index (χ3v) is 4.52. The Morgan fingerprint density at radius 3 is 2.72 bits per heavy atom. The molecule has 3 rings (SSSR count). The normalized spacial score (nSPS) is 11.2. The number of nitrogens with zero attached hydrogens (tertiary/aromatic N) is 2. The molecule has 0 amide bonds. The summed E-state index contributed by atoms with van der Waals surface area (Å²) in [4.78, 5) is 12.6. The van der Waals surface area contributed by atoms with Gasteiger partial charge in [-0.15, -0.1) is 24.0 Å². The Morgan fingerprint density at radius 2 is 1.97 bits per heavy atom. The number of ether oxygens (including phenoxy) is 1. The summed E-state index contributed by atoms with van der Waals surface area (Å²) in [5.74, 6) is 2.72. The molecule has 0 unspecified atom stereocenters. The van der Waals surface area contributed by atoms with Crippen LogP contribution in [0.15, 0.2) is 47.5 Å². The number of aromatic amines is 1. The molecule has 1 aromatic heterocycles.